The standard InChI is InChI=1S/C11H14O/c1-9-5-4-6-10(12)11(9)7-2-3-8-11/h4-6H,2-3,7-8H2,1H3/i4D,5D. The van der Waals surface area contributed by atoms with E-state index >= 15 is 0 Å². The summed E-state index contributed by atoms with van der Waals surface area (Å²) in [5, 5.41) is 0. The lowest BCUT2D eigenvalue weighted by atomic mass is 9.73. The lowest BCUT2D eigenvalue weighted by Crippen LogP contribution is -2.29. The van der Waals surface area contributed by atoms with E-state index < -0.39 is 5.41 Å². The van der Waals surface area contributed by atoms with Crippen LogP contribution in [0.2, 0.25) is 0 Å². The van der Waals surface area contributed by atoms with Crippen LogP contribution >= 0.6 is 0 Å². The number of hydrogen-bond acceptors (Lipinski definition) is 1. The van der Waals surface area contributed by atoms with Crippen LogP contribution in [0, 0.1) is 5.41 Å². The van der Waals surface area contributed by atoms with E-state index in [-0.39, 0.29) is 17.9 Å². The Bertz CT molecular complexity index is 346. The number of carbonyl (C=O) groups excluding carboxylic acids is 1. The Morgan fingerprint density at radius 2 is 2.17 bits per heavy atom. The van der Waals surface area contributed by atoms with Gasteiger partial charge in [0.05, 0.1) is 8.16 Å². The van der Waals surface area contributed by atoms with E-state index in [1.165, 1.54) is 6.08 Å². The maximum Gasteiger partial charge on any atom is 0.165 e. The van der Waals surface area contributed by atoms with Gasteiger partial charge in [-0.05, 0) is 25.8 Å². The molecular weight excluding hydrogens is 148 g/mol. The van der Waals surface area contributed by atoms with Crippen LogP contribution in [0.1, 0.15) is 35.3 Å². The molecule has 2 rings (SSSR count). The van der Waals surface area contributed by atoms with Crippen molar-refractivity contribution >= 4 is 5.78 Å². The van der Waals surface area contributed by atoms with Crippen molar-refractivity contribution in [3.63, 3.8) is 0 Å². The highest BCUT2D eigenvalue weighted by Gasteiger charge is 2.41. The van der Waals surface area contributed by atoms with Crippen molar-refractivity contribution < 1.29 is 7.54 Å². The summed E-state index contributed by atoms with van der Waals surface area (Å²) in [4.78, 5) is 11.9. The second kappa shape index (κ2) is 2.58. The van der Waals surface area contributed by atoms with E-state index in [4.69, 9.17) is 2.74 Å². The molecule has 0 N–H and O–H groups in total. The Hall–Kier alpha value is -0.850. The molecule has 0 bridgehead atoms. The van der Waals surface area contributed by atoms with Crippen molar-refractivity contribution in [3.8, 4) is 0 Å². The fraction of sp³-hybridized carbons (Fsp3) is 0.545. The van der Waals surface area contributed by atoms with E-state index in [0.29, 0.717) is 0 Å². The minimum absolute atomic E-state index is 0.0495. The van der Waals surface area contributed by atoms with E-state index in [2.05, 4.69) is 0 Å². The second-order valence-electron chi connectivity index (χ2n) is 3.69. The summed E-state index contributed by atoms with van der Waals surface area (Å²) < 4.78 is 15.2. The van der Waals surface area contributed by atoms with Gasteiger partial charge in [0.1, 0.15) is 0 Å². The predicted octanol–water partition coefficient (Wildman–Crippen LogP) is 2.63. The highest BCUT2D eigenvalue weighted by atomic mass is 16.1. The van der Waals surface area contributed by atoms with Crippen molar-refractivity contribution in [1.29, 1.82) is 0 Å². The minimum atomic E-state index is -0.401. The Kier molecular flexibility index (Phi) is 1.23. The maximum absolute atomic E-state index is 11.9. The van der Waals surface area contributed by atoms with Gasteiger partial charge in [-0.15, -0.1) is 0 Å². The van der Waals surface area contributed by atoms with Crippen molar-refractivity contribution in [2.24, 2.45) is 5.41 Å². The molecule has 1 saturated carbocycles. The Morgan fingerprint density at radius 3 is 2.83 bits per heavy atom. The molecule has 0 atom stereocenters. The molecule has 0 heterocycles. The van der Waals surface area contributed by atoms with Crippen LogP contribution < -0.4 is 0 Å². The maximum atomic E-state index is 11.9. The summed E-state index contributed by atoms with van der Waals surface area (Å²) in [5.41, 5.74) is 0.411. The molecule has 1 spiro atoms. The molecular formula is C11H14O. The van der Waals surface area contributed by atoms with Crippen LogP contribution in [0.5, 0.6) is 0 Å². The highest BCUT2D eigenvalue weighted by Crippen LogP contribution is 2.46. The van der Waals surface area contributed by atoms with Gasteiger partial charge in [0.25, 0.3) is 0 Å². The summed E-state index contributed by atoms with van der Waals surface area (Å²) in [7, 11) is 0. The predicted molar refractivity (Wildman–Crippen MR) is 48.8 cm³/mol. The number of rotatable bonds is 0. The average Bonchev–Trinajstić information content (AvgIpc) is 2.63. The van der Waals surface area contributed by atoms with Crippen LogP contribution in [0.25, 0.3) is 0 Å². The summed E-state index contributed by atoms with van der Waals surface area (Å²) in [6.07, 6.45) is 5.20. The first-order chi connectivity index (χ1) is 6.58. The van der Waals surface area contributed by atoms with Crippen molar-refractivity contribution in [2.75, 3.05) is 0 Å². The first kappa shape index (κ1) is 5.74. The molecule has 0 radical (unpaired) electrons. The average molecular weight is 164 g/mol. The summed E-state index contributed by atoms with van der Waals surface area (Å²) in [6.45, 7) is 1.84. The topological polar surface area (TPSA) is 17.1 Å². The zero-order valence-electron chi connectivity index (χ0n) is 9.31. The zero-order chi connectivity index (χ0) is 10.3. The van der Waals surface area contributed by atoms with Gasteiger partial charge in [-0.2, -0.15) is 0 Å². The van der Waals surface area contributed by atoms with Gasteiger partial charge in [-0.25, -0.2) is 0 Å². The van der Waals surface area contributed by atoms with Crippen LogP contribution in [-0.2, 0) is 4.79 Å². The molecule has 12 heavy (non-hydrogen) atoms. The molecule has 0 amide bonds. The largest absolute Gasteiger partial charge is 0.294 e. The summed E-state index contributed by atoms with van der Waals surface area (Å²) in [6, 6.07) is 0.330. The van der Waals surface area contributed by atoms with Crippen molar-refractivity contribution in [1.82, 2.24) is 0 Å². The SMILES string of the molecule is [2H]C1=CC(=O)C2(CCCC2)C(C)=C1[2H]. The molecule has 0 aromatic rings. The van der Waals surface area contributed by atoms with Gasteiger partial charge < -0.3 is 0 Å². The fourth-order valence-electron chi connectivity index (χ4n) is 2.25. The normalized spacial score (nSPS) is 30.4. The Labute approximate surface area is 76.0 Å². The molecule has 1 heteroatoms. The van der Waals surface area contributed by atoms with E-state index in [9.17, 15) is 4.79 Å². The molecule has 2 aliphatic carbocycles. The lowest BCUT2D eigenvalue weighted by molar-refractivity contribution is -0.121. The van der Waals surface area contributed by atoms with E-state index in [1.54, 1.807) is 0 Å². The van der Waals surface area contributed by atoms with Gasteiger partial charge >= 0.3 is 0 Å². The minimum Gasteiger partial charge on any atom is -0.294 e. The monoisotopic (exact) mass is 164 g/mol. The summed E-state index contributed by atoms with van der Waals surface area (Å²) >= 11 is 0. The Balaban J connectivity index is 2.50. The number of allylic oxidation sites excluding steroid dienone is 4. The zero-order valence-corrected chi connectivity index (χ0v) is 7.31. The van der Waals surface area contributed by atoms with Crippen molar-refractivity contribution in [3.05, 3.63) is 23.8 Å². The molecule has 0 aliphatic heterocycles. The van der Waals surface area contributed by atoms with Crippen LogP contribution in [0.3, 0.4) is 0 Å². The van der Waals surface area contributed by atoms with Gasteiger partial charge in [0, 0.05) is 0 Å². The first-order valence-corrected chi connectivity index (χ1v) is 4.49. The van der Waals surface area contributed by atoms with E-state index in [0.717, 1.165) is 31.3 Å². The third-order valence-corrected chi connectivity index (χ3v) is 3.11. The molecule has 2 aliphatic rings. The molecule has 0 unspecified atom stereocenters. The fourth-order valence-corrected chi connectivity index (χ4v) is 2.25. The molecule has 1 nitrogen and oxygen atoms in total. The molecule has 64 valence electrons. The number of ketones is 1. The molecule has 0 aromatic carbocycles. The summed E-state index contributed by atoms with van der Waals surface area (Å²) in [5.74, 6) is 0.0495. The number of carbonyl (C=O) groups is 1. The van der Waals surface area contributed by atoms with Crippen LogP contribution in [0.4, 0.5) is 0 Å². The molecule has 0 saturated heterocycles. The van der Waals surface area contributed by atoms with Crippen LogP contribution in [-0.4, -0.2) is 5.78 Å². The number of hydrogen-bond donors (Lipinski definition) is 0. The van der Waals surface area contributed by atoms with Gasteiger partial charge in [-0.1, -0.05) is 30.5 Å². The quantitative estimate of drug-likeness (QED) is 0.538. The first-order valence-electron chi connectivity index (χ1n) is 5.49. The highest BCUT2D eigenvalue weighted by molar-refractivity contribution is 5.98. The second-order valence-corrected chi connectivity index (χ2v) is 3.69. The molecule has 1 fully saturated rings. The molecule has 0 aromatic heterocycles. The third kappa shape index (κ3) is 0.889. The van der Waals surface area contributed by atoms with E-state index in [1.807, 2.05) is 6.92 Å². The lowest BCUT2D eigenvalue weighted by Gasteiger charge is -2.29. The smallest absolute Gasteiger partial charge is 0.165 e. The third-order valence-electron chi connectivity index (χ3n) is 3.11. The van der Waals surface area contributed by atoms with Crippen molar-refractivity contribution in [2.45, 2.75) is 32.6 Å². The Morgan fingerprint density at radius 1 is 1.50 bits per heavy atom. The van der Waals surface area contributed by atoms with Gasteiger partial charge in [0.2, 0.25) is 0 Å². The van der Waals surface area contributed by atoms with Gasteiger partial charge in [-0.3, -0.25) is 4.79 Å². The van der Waals surface area contributed by atoms with Gasteiger partial charge in [0.15, 0.2) is 5.78 Å². The van der Waals surface area contributed by atoms with Crippen LogP contribution in [0.15, 0.2) is 23.8 Å².